The number of hydrogen-bond donors (Lipinski definition) is 0. The molecule has 1 aliphatic carbocycles. The molecule has 0 radical (unpaired) electrons. The maximum absolute atomic E-state index is 13.6. The highest BCUT2D eigenvalue weighted by Crippen LogP contribution is 2.47. The topological polar surface area (TPSA) is 62.7 Å². The lowest BCUT2D eigenvalue weighted by Gasteiger charge is -2.43. The molecule has 1 aromatic carbocycles. The van der Waals surface area contributed by atoms with Crippen molar-refractivity contribution in [3.05, 3.63) is 58.2 Å². The summed E-state index contributed by atoms with van der Waals surface area (Å²) in [5.74, 6) is 1.34. The second-order valence-corrected chi connectivity index (χ2v) is 12.0. The minimum atomic E-state index is -0.148. The molecule has 3 aliphatic rings. The molecule has 2 unspecified atom stereocenters. The molecular weight excluding hydrogens is 509 g/mol. The Morgan fingerprint density at radius 2 is 1.62 bits per heavy atom. The first-order chi connectivity index (χ1) is 17.7. The Hall–Kier alpha value is -2.31. The second kappa shape index (κ2) is 10.8. The van der Waals surface area contributed by atoms with Gasteiger partial charge in [-0.1, -0.05) is 42.3 Å². The summed E-state index contributed by atoms with van der Waals surface area (Å²) in [5, 5.41) is 1.27. The Bertz CT molecular complexity index is 1110. The summed E-state index contributed by atoms with van der Waals surface area (Å²) >= 11 is 12.2. The van der Waals surface area contributed by atoms with E-state index in [9.17, 15) is 9.59 Å². The molecular formula is C29H35Cl2N3O3. The van der Waals surface area contributed by atoms with Gasteiger partial charge < -0.3 is 14.5 Å². The number of halogens is 2. The van der Waals surface area contributed by atoms with Crippen molar-refractivity contribution in [1.29, 1.82) is 0 Å². The maximum atomic E-state index is 13.6. The Morgan fingerprint density at radius 3 is 2.24 bits per heavy atom. The van der Waals surface area contributed by atoms with Crippen LogP contribution in [0.4, 0.5) is 0 Å². The standard InChI is InChI=1S/C29H35Cl2N3O3/c1-19(37-26-8-7-23(31)17-32-26)24-11-16-34(18-25(24)20-3-5-22(30)6-4-20)27(35)21-9-14-33(15-10-21)28(36)29(2)12-13-29/h3-8,17,19,21,24-25H,9-16,18H2,1-2H3/t19-,24?,25?/m0/s1. The third-order valence-corrected chi connectivity index (χ3v) is 9.01. The van der Waals surface area contributed by atoms with E-state index in [2.05, 4.69) is 31.0 Å². The maximum Gasteiger partial charge on any atom is 0.228 e. The van der Waals surface area contributed by atoms with Crippen LogP contribution in [0.2, 0.25) is 10.0 Å². The van der Waals surface area contributed by atoms with Gasteiger partial charge in [-0.2, -0.15) is 0 Å². The first-order valence-electron chi connectivity index (χ1n) is 13.4. The number of ether oxygens (including phenoxy) is 1. The molecule has 2 aliphatic heterocycles. The number of aromatic nitrogens is 1. The number of nitrogens with zero attached hydrogens (tertiary/aromatic N) is 3. The lowest BCUT2D eigenvalue weighted by atomic mass is 9.77. The van der Waals surface area contributed by atoms with E-state index in [0.717, 1.165) is 37.7 Å². The molecule has 2 aromatic rings. The Kier molecular flexibility index (Phi) is 7.69. The van der Waals surface area contributed by atoms with Crippen LogP contribution >= 0.6 is 23.2 Å². The van der Waals surface area contributed by atoms with E-state index in [1.807, 2.05) is 21.9 Å². The summed E-state index contributed by atoms with van der Waals surface area (Å²) in [5.41, 5.74) is 1.01. The molecule has 1 saturated carbocycles. The average molecular weight is 545 g/mol. The van der Waals surface area contributed by atoms with Gasteiger partial charge in [-0.15, -0.1) is 0 Å². The van der Waals surface area contributed by atoms with E-state index in [4.69, 9.17) is 27.9 Å². The van der Waals surface area contributed by atoms with E-state index < -0.39 is 0 Å². The average Bonchev–Trinajstić information content (AvgIpc) is 3.67. The predicted molar refractivity (Wildman–Crippen MR) is 145 cm³/mol. The van der Waals surface area contributed by atoms with Crippen molar-refractivity contribution in [3.63, 3.8) is 0 Å². The quantitative estimate of drug-likeness (QED) is 0.460. The minimum Gasteiger partial charge on any atom is -0.474 e. The van der Waals surface area contributed by atoms with E-state index in [1.165, 1.54) is 0 Å². The highest BCUT2D eigenvalue weighted by atomic mass is 35.5. The van der Waals surface area contributed by atoms with Crippen LogP contribution in [0.3, 0.4) is 0 Å². The van der Waals surface area contributed by atoms with Crippen LogP contribution in [0.1, 0.15) is 57.4 Å². The zero-order valence-electron chi connectivity index (χ0n) is 21.5. The number of likely N-dealkylation sites (tertiary alicyclic amines) is 2. The normalized spacial score (nSPS) is 24.4. The molecule has 3 atom stereocenters. The number of benzene rings is 1. The fourth-order valence-corrected chi connectivity index (χ4v) is 6.11. The first kappa shape index (κ1) is 26.3. The van der Waals surface area contributed by atoms with Crippen LogP contribution < -0.4 is 4.74 Å². The molecule has 6 nitrogen and oxygen atoms in total. The summed E-state index contributed by atoms with van der Waals surface area (Å²) < 4.78 is 6.23. The third kappa shape index (κ3) is 5.91. The van der Waals surface area contributed by atoms with E-state index >= 15 is 0 Å². The van der Waals surface area contributed by atoms with Crippen molar-refractivity contribution in [2.75, 3.05) is 26.2 Å². The van der Waals surface area contributed by atoms with Gasteiger partial charge in [-0.3, -0.25) is 9.59 Å². The van der Waals surface area contributed by atoms with Gasteiger partial charge in [0.2, 0.25) is 17.7 Å². The number of carbonyl (C=O) groups is 2. The molecule has 2 amide bonds. The van der Waals surface area contributed by atoms with Gasteiger partial charge in [0, 0.05) is 66.6 Å². The van der Waals surface area contributed by atoms with Crippen molar-refractivity contribution in [3.8, 4) is 5.88 Å². The Balaban J connectivity index is 1.26. The van der Waals surface area contributed by atoms with Crippen LogP contribution in [0.25, 0.3) is 0 Å². The molecule has 8 heteroatoms. The van der Waals surface area contributed by atoms with Crippen molar-refractivity contribution in [2.45, 2.75) is 58.0 Å². The van der Waals surface area contributed by atoms with Gasteiger partial charge in [0.15, 0.2) is 0 Å². The largest absolute Gasteiger partial charge is 0.474 e. The number of piperidine rings is 2. The van der Waals surface area contributed by atoms with Gasteiger partial charge in [-0.25, -0.2) is 4.98 Å². The number of rotatable bonds is 6. The highest BCUT2D eigenvalue weighted by Gasteiger charge is 2.48. The van der Waals surface area contributed by atoms with Crippen LogP contribution in [-0.2, 0) is 9.59 Å². The van der Waals surface area contributed by atoms with E-state index in [-0.39, 0.29) is 41.1 Å². The lowest BCUT2D eigenvalue weighted by molar-refractivity contribution is -0.144. The number of amides is 2. The molecule has 0 spiro atoms. The zero-order chi connectivity index (χ0) is 26.2. The fraction of sp³-hybridized carbons (Fsp3) is 0.552. The Labute approximate surface area is 229 Å². The monoisotopic (exact) mass is 543 g/mol. The molecule has 198 valence electrons. The number of carbonyl (C=O) groups excluding carboxylic acids is 2. The van der Waals surface area contributed by atoms with Gasteiger partial charge >= 0.3 is 0 Å². The first-order valence-corrected chi connectivity index (χ1v) is 14.1. The van der Waals surface area contributed by atoms with Gasteiger partial charge in [0.1, 0.15) is 6.10 Å². The van der Waals surface area contributed by atoms with E-state index in [1.54, 1.807) is 18.3 Å². The molecule has 0 bridgehead atoms. The summed E-state index contributed by atoms with van der Waals surface area (Å²) in [6.45, 7) is 6.84. The molecule has 5 rings (SSSR count). The molecule has 37 heavy (non-hydrogen) atoms. The molecule has 0 N–H and O–H groups in total. The summed E-state index contributed by atoms with van der Waals surface area (Å²) in [7, 11) is 0. The van der Waals surface area contributed by atoms with Crippen LogP contribution in [0.15, 0.2) is 42.6 Å². The summed E-state index contributed by atoms with van der Waals surface area (Å²) in [4.78, 5) is 34.7. The number of pyridine rings is 1. The van der Waals surface area contributed by atoms with E-state index in [0.29, 0.717) is 42.1 Å². The molecule has 3 heterocycles. The molecule has 2 saturated heterocycles. The second-order valence-electron chi connectivity index (χ2n) is 11.2. The fourth-order valence-electron chi connectivity index (χ4n) is 5.88. The van der Waals surface area contributed by atoms with Crippen molar-refractivity contribution in [2.24, 2.45) is 17.3 Å². The zero-order valence-corrected chi connectivity index (χ0v) is 23.0. The van der Waals surface area contributed by atoms with Gasteiger partial charge in [0.05, 0.1) is 5.02 Å². The third-order valence-electron chi connectivity index (χ3n) is 8.53. The summed E-state index contributed by atoms with van der Waals surface area (Å²) in [6, 6.07) is 11.5. The van der Waals surface area contributed by atoms with Crippen molar-refractivity contribution in [1.82, 2.24) is 14.8 Å². The van der Waals surface area contributed by atoms with Crippen molar-refractivity contribution < 1.29 is 14.3 Å². The lowest BCUT2D eigenvalue weighted by Crippen LogP contribution is -2.50. The Morgan fingerprint density at radius 1 is 0.973 bits per heavy atom. The van der Waals surface area contributed by atoms with Gasteiger partial charge in [0.25, 0.3) is 0 Å². The summed E-state index contributed by atoms with van der Waals surface area (Å²) in [6.07, 6.45) is 5.80. The molecule has 3 fully saturated rings. The highest BCUT2D eigenvalue weighted by molar-refractivity contribution is 6.30. The van der Waals surface area contributed by atoms with Crippen LogP contribution in [-0.4, -0.2) is 58.9 Å². The minimum absolute atomic E-state index is 0.0228. The smallest absolute Gasteiger partial charge is 0.228 e. The van der Waals surface area contributed by atoms with Crippen LogP contribution in [0.5, 0.6) is 5.88 Å². The number of hydrogen-bond acceptors (Lipinski definition) is 4. The van der Waals surface area contributed by atoms with Gasteiger partial charge in [-0.05, 0) is 62.8 Å². The van der Waals surface area contributed by atoms with Crippen LogP contribution in [0, 0.1) is 17.3 Å². The predicted octanol–water partition coefficient (Wildman–Crippen LogP) is 5.83. The molecule has 1 aromatic heterocycles. The van der Waals surface area contributed by atoms with Crippen molar-refractivity contribution >= 4 is 35.0 Å². The SMILES string of the molecule is C[C@H](Oc1ccc(Cl)cn1)C1CCN(C(=O)C2CCN(C(=O)C3(C)CC3)CC2)CC1c1ccc(Cl)cc1.